The van der Waals surface area contributed by atoms with E-state index in [1.54, 1.807) is 18.2 Å². The first-order valence-corrected chi connectivity index (χ1v) is 6.46. The van der Waals surface area contributed by atoms with Crippen molar-refractivity contribution in [3.05, 3.63) is 28.3 Å². The van der Waals surface area contributed by atoms with E-state index in [-0.39, 0.29) is 23.6 Å². The van der Waals surface area contributed by atoms with Gasteiger partial charge in [-0.2, -0.15) is 0 Å². The number of nitrogens with zero attached hydrogens (tertiary/aromatic N) is 1. The molecule has 1 aliphatic carbocycles. The summed E-state index contributed by atoms with van der Waals surface area (Å²) in [7, 11) is 0. The van der Waals surface area contributed by atoms with Crippen LogP contribution in [0.4, 0.5) is 11.4 Å². The van der Waals surface area contributed by atoms with Crippen molar-refractivity contribution >= 4 is 11.4 Å². The molecular formula is C13H18N2O4. The van der Waals surface area contributed by atoms with E-state index in [1.165, 1.54) is 0 Å². The lowest BCUT2D eigenvalue weighted by molar-refractivity contribution is -0.385. The number of anilines is 1. The quantitative estimate of drug-likeness (QED) is 0.609. The Balaban J connectivity index is 2.18. The molecule has 0 unspecified atom stereocenters. The van der Waals surface area contributed by atoms with E-state index in [4.69, 9.17) is 4.74 Å². The topological polar surface area (TPSA) is 84.6 Å². The number of benzene rings is 1. The Morgan fingerprint density at radius 3 is 2.84 bits per heavy atom. The van der Waals surface area contributed by atoms with E-state index in [0.29, 0.717) is 25.1 Å². The summed E-state index contributed by atoms with van der Waals surface area (Å²) < 4.78 is 5.41. The van der Waals surface area contributed by atoms with Crippen LogP contribution in [0.15, 0.2) is 18.2 Å². The highest BCUT2D eigenvalue weighted by Crippen LogP contribution is 2.37. The summed E-state index contributed by atoms with van der Waals surface area (Å²) in [6.45, 7) is 2.40. The van der Waals surface area contributed by atoms with E-state index >= 15 is 0 Å². The maximum Gasteiger partial charge on any atom is 0.333 e. The monoisotopic (exact) mass is 266 g/mol. The Labute approximate surface area is 111 Å². The van der Waals surface area contributed by atoms with Crippen molar-refractivity contribution < 1.29 is 14.8 Å². The van der Waals surface area contributed by atoms with E-state index in [0.717, 1.165) is 6.42 Å². The highest BCUT2D eigenvalue weighted by Gasteiger charge is 2.30. The van der Waals surface area contributed by atoms with Gasteiger partial charge in [0.25, 0.3) is 0 Å². The molecular weight excluding hydrogens is 248 g/mol. The fourth-order valence-corrected chi connectivity index (χ4v) is 2.08. The predicted molar refractivity (Wildman–Crippen MR) is 71.5 cm³/mol. The summed E-state index contributed by atoms with van der Waals surface area (Å²) in [6.07, 6.45) is 1.74. The van der Waals surface area contributed by atoms with Crippen LogP contribution in [0.1, 0.15) is 26.2 Å². The molecule has 0 amide bonds. The van der Waals surface area contributed by atoms with Crippen LogP contribution < -0.4 is 10.1 Å². The van der Waals surface area contributed by atoms with Gasteiger partial charge < -0.3 is 15.2 Å². The first-order chi connectivity index (χ1) is 9.11. The zero-order valence-corrected chi connectivity index (χ0v) is 10.8. The molecule has 1 aromatic rings. The standard InChI is InChI=1S/C13H18N2O4/c1-2-6-19-12-5-3-4-11(13(12)15(17)18)14-9-7-10(16)8-9/h3-5,9-10,14,16H,2,6-8H2,1H3. The number of nitrogens with one attached hydrogen (secondary N) is 1. The van der Waals surface area contributed by atoms with E-state index < -0.39 is 4.92 Å². The lowest BCUT2D eigenvalue weighted by Gasteiger charge is -2.32. The van der Waals surface area contributed by atoms with Crippen molar-refractivity contribution in [1.82, 2.24) is 0 Å². The highest BCUT2D eigenvalue weighted by molar-refractivity contribution is 5.68. The Morgan fingerprint density at radius 2 is 2.26 bits per heavy atom. The van der Waals surface area contributed by atoms with Gasteiger partial charge in [0.2, 0.25) is 0 Å². The molecule has 0 bridgehead atoms. The third-order valence-electron chi connectivity index (χ3n) is 3.12. The van der Waals surface area contributed by atoms with Gasteiger partial charge in [0, 0.05) is 6.04 Å². The van der Waals surface area contributed by atoms with E-state index in [1.807, 2.05) is 6.92 Å². The van der Waals surface area contributed by atoms with Gasteiger partial charge in [0.1, 0.15) is 5.69 Å². The van der Waals surface area contributed by atoms with E-state index in [2.05, 4.69) is 5.32 Å². The Kier molecular flexibility index (Phi) is 4.21. The molecule has 1 aromatic carbocycles. The van der Waals surface area contributed by atoms with Gasteiger partial charge in [0.15, 0.2) is 5.75 Å². The van der Waals surface area contributed by atoms with Gasteiger partial charge >= 0.3 is 5.69 Å². The van der Waals surface area contributed by atoms with Crippen molar-refractivity contribution in [2.45, 2.75) is 38.3 Å². The SMILES string of the molecule is CCCOc1cccc(NC2CC(O)C2)c1[N+](=O)[O-]. The van der Waals surface area contributed by atoms with Gasteiger partial charge in [-0.05, 0) is 31.4 Å². The Hall–Kier alpha value is -1.82. The summed E-state index contributed by atoms with van der Waals surface area (Å²) in [6, 6.07) is 5.10. The lowest BCUT2D eigenvalue weighted by Crippen LogP contribution is -2.39. The zero-order valence-electron chi connectivity index (χ0n) is 10.8. The molecule has 6 nitrogen and oxygen atoms in total. The fraction of sp³-hybridized carbons (Fsp3) is 0.538. The van der Waals surface area contributed by atoms with Crippen LogP contribution >= 0.6 is 0 Å². The molecule has 0 heterocycles. The van der Waals surface area contributed by atoms with Crippen LogP contribution in [0.3, 0.4) is 0 Å². The average Bonchev–Trinajstić information content (AvgIpc) is 2.34. The maximum absolute atomic E-state index is 11.2. The van der Waals surface area contributed by atoms with Crippen molar-refractivity contribution in [3.63, 3.8) is 0 Å². The second kappa shape index (κ2) is 5.88. The normalized spacial score (nSPS) is 21.6. The minimum atomic E-state index is -0.428. The molecule has 2 N–H and O–H groups in total. The van der Waals surface area contributed by atoms with Gasteiger partial charge in [-0.3, -0.25) is 10.1 Å². The molecule has 1 fully saturated rings. The van der Waals surface area contributed by atoms with E-state index in [9.17, 15) is 15.2 Å². The summed E-state index contributed by atoms with van der Waals surface area (Å²) in [4.78, 5) is 10.8. The molecule has 1 aliphatic rings. The van der Waals surface area contributed by atoms with Crippen LogP contribution in [-0.4, -0.2) is 28.8 Å². The second-order valence-corrected chi connectivity index (χ2v) is 4.72. The Morgan fingerprint density at radius 1 is 1.53 bits per heavy atom. The van der Waals surface area contributed by atoms with Crippen molar-refractivity contribution in [2.75, 3.05) is 11.9 Å². The number of nitro groups is 1. The summed E-state index contributed by atoms with van der Waals surface area (Å²) in [5.74, 6) is 0.289. The Bertz CT molecular complexity index is 458. The van der Waals surface area contributed by atoms with Crippen LogP contribution in [0.25, 0.3) is 0 Å². The van der Waals surface area contributed by atoms with Gasteiger partial charge in [-0.25, -0.2) is 0 Å². The number of rotatable bonds is 6. The number of aliphatic hydroxyl groups is 1. The molecule has 1 saturated carbocycles. The minimum Gasteiger partial charge on any atom is -0.487 e. The predicted octanol–water partition coefficient (Wildman–Crippen LogP) is 2.32. The molecule has 0 atom stereocenters. The first-order valence-electron chi connectivity index (χ1n) is 6.46. The van der Waals surface area contributed by atoms with Crippen LogP contribution in [-0.2, 0) is 0 Å². The highest BCUT2D eigenvalue weighted by atomic mass is 16.6. The average molecular weight is 266 g/mol. The largest absolute Gasteiger partial charge is 0.487 e. The van der Waals surface area contributed by atoms with Gasteiger partial charge in [0.05, 0.1) is 17.6 Å². The summed E-state index contributed by atoms with van der Waals surface area (Å²) in [5, 5.41) is 23.5. The molecule has 19 heavy (non-hydrogen) atoms. The molecule has 104 valence electrons. The van der Waals surface area contributed by atoms with Crippen LogP contribution in [0.2, 0.25) is 0 Å². The molecule has 6 heteroatoms. The third kappa shape index (κ3) is 3.14. The van der Waals surface area contributed by atoms with Crippen LogP contribution in [0, 0.1) is 10.1 Å². The molecule has 0 saturated heterocycles. The summed E-state index contributed by atoms with van der Waals surface area (Å²) >= 11 is 0. The molecule has 0 aliphatic heterocycles. The van der Waals surface area contributed by atoms with Gasteiger partial charge in [-0.15, -0.1) is 0 Å². The number of hydrogen-bond acceptors (Lipinski definition) is 5. The fourth-order valence-electron chi connectivity index (χ4n) is 2.08. The second-order valence-electron chi connectivity index (χ2n) is 4.72. The number of para-hydroxylation sites is 1. The van der Waals surface area contributed by atoms with Crippen molar-refractivity contribution in [2.24, 2.45) is 0 Å². The zero-order chi connectivity index (χ0) is 13.8. The number of hydrogen-bond donors (Lipinski definition) is 2. The third-order valence-corrected chi connectivity index (χ3v) is 3.12. The van der Waals surface area contributed by atoms with Crippen LogP contribution in [0.5, 0.6) is 5.75 Å². The molecule has 0 aromatic heterocycles. The first kappa shape index (κ1) is 13.6. The van der Waals surface area contributed by atoms with Crippen molar-refractivity contribution in [1.29, 1.82) is 0 Å². The molecule has 0 spiro atoms. The molecule has 2 rings (SSSR count). The number of aliphatic hydroxyl groups excluding tert-OH is 1. The maximum atomic E-state index is 11.2. The lowest BCUT2D eigenvalue weighted by atomic mass is 9.89. The minimum absolute atomic E-state index is 0.0302. The van der Waals surface area contributed by atoms with Crippen molar-refractivity contribution in [3.8, 4) is 5.75 Å². The number of nitro benzene ring substituents is 1. The summed E-state index contributed by atoms with van der Waals surface area (Å²) in [5.41, 5.74) is 0.424. The molecule has 0 radical (unpaired) electrons. The smallest absolute Gasteiger partial charge is 0.333 e. The number of ether oxygens (including phenoxy) is 1. The van der Waals surface area contributed by atoms with Gasteiger partial charge in [-0.1, -0.05) is 13.0 Å².